The topological polar surface area (TPSA) is 12.9 Å². The minimum absolute atomic E-state index is 0.0955. The van der Waals surface area contributed by atoms with Gasteiger partial charge in [0.25, 0.3) is 0 Å². The van der Waals surface area contributed by atoms with Crippen LogP contribution in [0.4, 0.5) is 13.2 Å². The molecule has 0 saturated carbocycles. The van der Waals surface area contributed by atoms with Crippen LogP contribution in [0.2, 0.25) is 5.15 Å². The normalized spacial score (nSPS) is 12.4. The van der Waals surface area contributed by atoms with Crippen LogP contribution in [0.3, 0.4) is 0 Å². The van der Waals surface area contributed by atoms with Crippen LogP contribution in [0.25, 0.3) is 10.9 Å². The van der Waals surface area contributed by atoms with Crippen molar-refractivity contribution in [1.82, 2.24) is 4.98 Å². The van der Waals surface area contributed by atoms with Crippen molar-refractivity contribution in [3.05, 3.63) is 40.5 Å². The largest absolute Gasteiger partial charge is 0.417 e. The molecule has 0 bridgehead atoms. The van der Waals surface area contributed by atoms with E-state index in [-0.39, 0.29) is 22.0 Å². The minimum Gasteiger partial charge on any atom is -0.236 e. The lowest BCUT2D eigenvalue weighted by molar-refractivity contribution is -0.136. The first kappa shape index (κ1) is 13.1. The lowest BCUT2D eigenvalue weighted by Crippen LogP contribution is -2.07. The molecule has 0 fully saturated rings. The Morgan fingerprint density at radius 1 is 1.17 bits per heavy atom. The molecule has 1 aromatic carbocycles. The average Bonchev–Trinajstić information content (AvgIpc) is 2.25. The number of aromatic nitrogens is 1. The van der Waals surface area contributed by atoms with Crippen molar-refractivity contribution in [2.75, 3.05) is 0 Å². The summed E-state index contributed by atoms with van der Waals surface area (Å²) >= 11 is 5.62. The molecule has 1 nitrogen and oxygen atoms in total. The number of alkyl halides is 3. The SMILES string of the molecule is CC(C)c1ccc2nc(Cl)cc(C(F)(F)F)c2c1. The minimum atomic E-state index is -4.43. The Balaban J connectivity index is 2.78. The fourth-order valence-corrected chi connectivity index (χ4v) is 2.00. The molecule has 5 heteroatoms. The molecule has 1 aromatic heterocycles. The van der Waals surface area contributed by atoms with Gasteiger partial charge in [-0.2, -0.15) is 13.2 Å². The number of fused-ring (bicyclic) bond motifs is 1. The summed E-state index contributed by atoms with van der Waals surface area (Å²) in [7, 11) is 0. The van der Waals surface area contributed by atoms with Gasteiger partial charge in [-0.3, -0.25) is 0 Å². The van der Waals surface area contributed by atoms with Gasteiger partial charge in [0, 0.05) is 5.39 Å². The van der Waals surface area contributed by atoms with Gasteiger partial charge in [-0.25, -0.2) is 4.98 Å². The van der Waals surface area contributed by atoms with Gasteiger partial charge in [0.1, 0.15) is 5.15 Å². The number of hydrogen-bond donors (Lipinski definition) is 0. The molecule has 0 amide bonds. The summed E-state index contributed by atoms with van der Waals surface area (Å²) in [5.41, 5.74) is 0.372. The summed E-state index contributed by atoms with van der Waals surface area (Å²) in [4.78, 5) is 3.92. The Morgan fingerprint density at radius 3 is 2.39 bits per heavy atom. The van der Waals surface area contributed by atoms with Crippen LogP contribution < -0.4 is 0 Å². The zero-order valence-corrected chi connectivity index (χ0v) is 10.6. The molecule has 0 radical (unpaired) electrons. The molecular formula is C13H11ClF3N. The highest BCUT2D eigenvalue weighted by molar-refractivity contribution is 6.30. The third kappa shape index (κ3) is 2.43. The Morgan fingerprint density at radius 2 is 1.83 bits per heavy atom. The highest BCUT2D eigenvalue weighted by atomic mass is 35.5. The number of rotatable bonds is 1. The molecule has 96 valence electrons. The van der Waals surface area contributed by atoms with Crippen molar-refractivity contribution in [2.24, 2.45) is 0 Å². The number of pyridine rings is 1. The van der Waals surface area contributed by atoms with E-state index < -0.39 is 11.7 Å². The summed E-state index contributed by atoms with van der Waals surface area (Å²) in [5.74, 6) is 0.158. The van der Waals surface area contributed by atoms with Gasteiger partial charge in [-0.05, 0) is 29.7 Å². The second kappa shape index (κ2) is 4.43. The lowest BCUT2D eigenvalue weighted by Gasteiger charge is -2.13. The van der Waals surface area contributed by atoms with Gasteiger partial charge in [-0.15, -0.1) is 0 Å². The molecule has 0 atom stereocenters. The molecule has 0 aliphatic heterocycles. The zero-order valence-electron chi connectivity index (χ0n) is 9.85. The highest BCUT2D eigenvalue weighted by Crippen LogP contribution is 2.36. The maximum Gasteiger partial charge on any atom is 0.417 e. The second-order valence-corrected chi connectivity index (χ2v) is 4.81. The van der Waals surface area contributed by atoms with Gasteiger partial charge >= 0.3 is 6.18 Å². The Labute approximate surface area is 108 Å². The summed E-state index contributed by atoms with van der Waals surface area (Å²) in [6.07, 6.45) is -4.43. The van der Waals surface area contributed by atoms with E-state index in [9.17, 15) is 13.2 Å². The molecule has 2 rings (SSSR count). The van der Waals surface area contributed by atoms with E-state index in [1.54, 1.807) is 12.1 Å². The van der Waals surface area contributed by atoms with Gasteiger partial charge < -0.3 is 0 Å². The van der Waals surface area contributed by atoms with Gasteiger partial charge in [0.05, 0.1) is 11.1 Å². The highest BCUT2D eigenvalue weighted by Gasteiger charge is 2.33. The van der Waals surface area contributed by atoms with E-state index in [4.69, 9.17) is 11.6 Å². The number of nitrogens with zero attached hydrogens (tertiary/aromatic N) is 1. The lowest BCUT2D eigenvalue weighted by atomic mass is 9.99. The predicted octanol–water partition coefficient (Wildman–Crippen LogP) is 5.03. The fraction of sp³-hybridized carbons (Fsp3) is 0.308. The van der Waals surface area contributed by atoms with Crippen molar-refractivity contribution in [2.45, 2.75) is 25.9 Å². The smallest absolute Gasteiger partial charge is 0.236 e. The van der Waals surface area contributed by atoms with E-state index in [1.165, 1.54) is 6.07 Å². The number of hydrogen-bond acceptors (Lipinski definition) is 1. The van der Waals surface area contributed by atoms with Gasteiger partial charge in [0.2, 0.25) is 0 Å². The maximum absolute atomic E-state index is 12.9. The van der Waals surface area contributed by atoms with Crippen molar-refractivity contribution in [1.29, 1.82) is 0 Å². The van der Waals surface area contributed by atoms with Crippen LogP contribution in [0.15, 0.2) is 24.3 Å². The van der Waals surface area contributed by atoms with Crippen molar-refractivity contribution in [3.63, 3.8) is 0 Å². The quantitative estimate of drug-likeness (QED) is 0.664. The summed E-state index contributed by atoms with van der Waals surface area (Å²) < 4.78 is 38.8. The van der Waals surface area contributed by atoms with Crippen molar-refractivity contribution < 1.29 is 13.2 Å². The van der Waals surface area contributed by atoms with Gasteiger partial charge in [-0.1, -0.05) is 31.5 Å². The van der Waals surface area contributed by atoms with E-state index >= 15 is 0 Å². The van der Waals surface area contributed by atoms with Crippen LogP contribution in [-0.4, -0.2) is 4.98 Å². The van der Waals surface area contributed by atoms with Gasteiger partial charge in [0.15, 0.2) is 0 Å². The third-order valence-electron chi connectivity index (χ3n) is 2.77. The summed E-state index contributed by atoms with van der Waals surface area (Å²) in [6, 6.07) is 5.75. The molecule has 0 spiro atoms. The molecule has 0 aliphatic carbocycles. The van der Waals surface area contributed by atoms with E-state index in [0.717, 1.165) is 11.6 Å². The molecule has 1 heterocycles. The molecule has 18 heavy (non-hydrogen) atoms. The average molecular weight is 274 g/mol. The van der Waals surface area contributed by atoms with Crippen LogP contribution in [-0.2, 0) is 6.18 Å². The first-order valence-corrected chi connectivity index (χ1v) is 5.84. The monoisotopic (exact) mass is 273 g/mol. The fourth-order valence-electron chi connectivity index (χ4n) is 1.80. The predicted molar refractivity (Wildman–Crippen MR) is 65.8 cm³/mol. The second-order valence-electron chi connectivity index (χ2n) is 4.42. The molecular weight excluding hydrogens is 263 g/mol. The Bertz CT molecular complexity index is 591. The molecule has 0 unspecified atom stereocenters. The Hall–Kier alpha value is -1.29. The molecule has 0 saturated heterocycles. The van der Waals surface area contributed by atoms with E-state index in [1.807, 2.05) is 13.8 Å². The molecule has 2 aromatic rings. The molecule has 0 aliphatic rings. The number of halogens is 4. The summed E-state index contributed by atoms with van der Waals surface area (Å²) in [6.45, 7) is 3.86. The zero-order chi connectivity index (χ0) is 13.5. The van der Waals surface area contributed by atoms with Crippen LogP contribution in [0.1, 0.15) is 30.9 Å². The molecule has 0 N–H and O–H groups in total. The third-order valence-corrected chi connectivity index (χ3v) is 2.97. The summed E-state index contributed by atoms with van der Waals surface area (Å²) in [5, 5.41) is -0.0507. The van der Waals surface area contributed by atoms with Crippen LogP contribution in [0, 0.1) is 0 Å². The van der Waals surface area contributed by atoms with E-state index in [0.29, 0.717) is 0 Å². The van der Waals surface area contributed by atoms with E-state index in [2.05, 4.69) is 4.98 Å². The van der Waals surface area contributed by atoms with Crippen molar-refractivity contribution >= 4 is 22.5 Å². The maximum atomic E-state index is 12.9. The standard InChI is InChI=1S/C13H11ClF3N/c1-7(2)8-3-4-11-9(5-8)10(13(15,16)17)6-12(14)18-11/h3-7H,1-2H3. The Kier molecular flexibility index (Phi) is 3.23. The van der Waals surface area contributed by atoms with Crippen molar-refractivity contribution in [3.8, 4) is 0 Å². The van der Waals surface area contributed by atoms with Crippen LogP contribution >= 0.6 is 11.6 Å². The first-order valence-electron chi connectivity index (χ1n) is 5.46. The first-order chi connectivity index (χ1) is 8.29. The number of benzene rings is 1. The van der Waals surface area contributed by atoms with Crippen LogP contribution in [0.5, 0.6) is 0 Å².